The molecule has 4 heteroatoms. The van der Waals surface area contributed by atoms with Gasteiger partial charge in [-0.05, 0) is 0 Å². The molecule has 0 saturated heterocycles. The Bertz CT molecular complexity index is 88.9. The summed E-state index contributed by atoms with van der Waals surface area (Å²) in [6.45, 7) is 1.24. The molecule has 2 N–H and O–H groups in total. The van der Waals surface area contributed by atoms with Crippen molar-refractivity contribution >= 4 is 12.3 Å². The van der Waals surface area contributed by atoms with E-state index in [9.17, 15) is 4.79 Å². The molecule has 0 aromatic rings. The van der Waals surface area contributed by atoms with Crippen molar-refractivity contribution in [2.45, 2.75) is 6.92 Å². The second kappa shape index (κ2) is 3.14. The van der Waals surface area contributed by atoms with Crippen LogP contribution in [0.15, 0.2) is 5.16 Å². The molecule has 40 valence electrons. The minimum atomic E-state index is -0.471. The zero-order chi connectivity index (χ0) is 5.70. The van der Waals surface area contributed by atoms with E-state index in [1.165, 1.54) is 6.92 Å². The molecule has 0 spiro atoms. The first-order chi connectivity index (χ1) is 3.27. The van der Waals surface area contributed by atoms with E-state index in [0.29, 0.717) is 0 Å². The maximum Gasteiger partial charge on any atom is 0.332 e. The molecule has 0 aliphatic carbocycles. The first-order valence-electron chi connectivity index (χ1n) is 1.68. The fourth-order valence-corrected chi connectivity index (χ4v) is 0.105. The SMILES string of the molecule is CC(=O)O/N=C\N. The van der Waals surface area contributed by atoms with E-state index < -0.39 is 5.97 Å². The molecule has 0 atom stereocenters. The number of carbonyl (C=O) groups is 1. The number of hydrogen-bond donors (Lipinski definition) is 1. The highest BCUT2D eigenvalue weighted by Gasteiger charge is 1.82. The number of nitrogens with zero attached hydrogens (tertiary/aromatic N) is 1. The molecule has 4 nitrogen and oxygen atoms in total. The molecule has 0 heterocycles. The van der Waals surface area contributed by atoms with Crippen LogP contribution >= 0.6 is 0 Å². The summed E-state index contributed by atoms with van der Waals surface area (Å²) in [6.07, 6.45) is 0.904. The van der Waals surface area contributed by atoms with Gasteiger partial charge in [-0.25, -0.2) is 4.79 Å². The molecule has 0 fully saturated rings. The summed E-state index contributed by atoms with van der Waals surface area (Å²) in [5.41, 5.74) is 4.71. The van der Waals surface area contributed by atoms with E-state index >= 15 is 0 Å². The number of hydrogen-bond acceptors (Lipinski definition) is 3. The average molecular weight is 102 g/mol. The van der Waals surface area contributed by atoms with Gasteiger partial charge < -0.3 is 10.6 Å². The van der Waals surface area contributed by atoms with E-state index in [0.717, 1.165) is 6.34 Å². The standard InChI is InChI=1S/C3H6N2O2/c1-3(6)7-5-2-4/h2H,1H3,(H2,4,5). The number of rotatable bonds is 1. The Kier molecular flexibility index (Phi) is 2.67. The van der Waals surface area contributed by atoms with E-state index in [1.807, 2.05) is 0 Å². The lowest BCUT2D eigenvalue weighted by atomic mass is 10.8. The van der Waals surface area contributed by atoms with Crippen molar-refractivity contribution in [3.8, 4) is 0 Å². The molecule has 0 aliphatic rings. The minimum absolute atomic E-state index is 0.471. The largest absolute Gasteiger partial charge is 0.387 e. The molecule has 0 aromatic carbocycles. The van der Waals surface area contributed by atoms with E-state index in [2.05, 4.69) is 9.99 Å². The summed E-state index contributed by atoms with van der Waals surface area (Å²) in [5, 5.41) is 2.97. The molecule has 0 aliphatic heterocycles. The van der Waals surface area contributed by atoms with Crippen molar-refractivity contribution < 1.29 is 9.63 Å². The second-order valence-electron chi connectivity index (χ2n) is 0.837. The van der Waals surface area contributed by atoms with Gasteiger partial charge in [0.1, 0.15) is 6.34 Å². The van der Waals surface area contributed by atoms with Crippen molar-refractivity contribution in [1.82, 2.24) is 0 Å². The van der Waals surface area contributed by atoms with Crippen molar-refractivity contribution in [2.24, 2.45) is 10.9 Å². The highest BCUT2D eigenvalue weighted by molar-refractivity contribution is 5.66. The van der Waals surface area contributed by atoms with Gasteiger partial charge in [0.15, 0.2) is 0 Å². The summed E-state index contributed by atoms with van der Waals surface area (Å²) in [6, 6.07) is 0. The fourth-order valence-electron chi connectivity index (χ4n) is 0.105. The normalized spacial score (nSPS) is 9.29. The van der Waals surface area contributed by atoms with Crippen LogP contribution in [0.5, 0.6) is 0 Å². The summed E-state index contributed by atoms with van der Waals surface area (Å²) in [5.74, 6) is -0.471. The van der Waals surface area contributed by atoms with E-state index in [1.54, 1.807) is 0 Å². The van der Waals surface area contributed by atoms with Gasteiger partial charge in [0, 0.05) is 6.92 Å². The third-order valence-corrected chi connectivity index (χ3v) is 0.242. The number of oxime groups is 1. The smallest absolute Gasteiger partial charge is 0.332 e. The van der Waals surface area contributed by atoms with Gasteiger partial charge in [-0.2, -0.15) is 0 Å². The quantitative estimate of drug-likeness (QED) is 0.209. The van der Waals surface area contributed by atoms with Gasteiger partial charge in [0.25, 0.3) is 0 Å². The lowest BCUT2D eigenvalue weighted by Gasteiger charge is -1.82. The topological polar surface area (TPSA) is 64.7 Å². The first kappa shape index (κ1) is 5.94. The van der Waals surface area contributed by atoms with Gasteiger partial charge in [-0.3, -0.25) is 0 Å². The second-order valence-corrected chi connectivity index (χ2v) is 0.837. The van der Waals surface area contributed by atoms with Crippen LogP contribution in [0.3, 0.4) is 0 Å². The van der Waals surface area contributed by atoms with Gasteiger partial charge in [0.05, 0.1) is 0 Å². The zero-order valence-electron chi connectivity index (χ0n) is 3.92. The summed E-state index contributed by atoms with van der Waals surface area (Å²) in [4.78, 5) is 13.8. The highest BCUT2D eigenvalue weighted by Crippen LogP contribution is 1.70. The van der Waals surface area contributed by atoms with E-state index in [-0.39, 0.29) is 0 Å². The third kappa shape index (κ3) is 4.94. The summed E-state index contributed by atoms with van der Waals surface area (Å²) in [7, 11) is 0. The Morgan fingerprint density at radius 2 is 2.57 bits per heavy atom. The van der Waals surface area contributed by atoms with Crippen molar-refractivity contribution in [1.29, 1.82) is 0 Å². The Balaban J connectivity index is 3.14. The Hall–Kier alpha value is -1.06. The molecular formula is C3H6N2O2. The van der Waals surface area contributed by atoms with Gasteiger partial charge in [0.2, 0.25) is 0 Å². The number of nitrogens with two attached hydrogens (primary N) is 1. The lowest BCUT2D eigenvalue weighted by molar-refractivity contribution is -0.140. The molecular weight excluding hydrogens is 96.0 g/mol. The highest BCUT2D eigenvalue weighted by atomic mass is 16.7. The van der Waals surface area contributed by atoms with Crippen LogP contribution in [0.25, 0.3) is 0 Å². The van der Waals surface area contributed by atoms with Gasteiger partial charge in [-0.1, -0.05) is 5.16 Å². The van der Waals surface area contributed by atoms with E-state index in [4.69, 9.17) is 5.73 Å². The fraction of sp³-hybridized carbons (Fsp3) is 0.333. The number of carbonyl (C=O) groups excluding carboxylic acids is 1. The van der Waals surface area contributed by atoms with Crippen LogP contribution in [-0.4, -0.2) is 12.3 Å². The molecule has 7 heavy (non-hydrogen) atoms. The molecule has 0 bridgehead atoms. The minimum Gasteiger partial charge on any atom is -0.387 e. The first-order valence-corrected chi connectivity index (χ1v) is 1.68. The predicted octanol–water partition coefficient (Wildman–Crippen LogP) is -0.548. The van der Waals surface area contributed by atoms with Crippen LogP contribution in [0.4, 0.5) is 0 Å². The Morgan fingerprint density at radius 1 is 2.00 bits per heavy atom. The Morgan fingerprint density at radius 3 is 2.71 bits per heavy atom. The van der Waals surface area contributed by atoms with Gasteiger partial charge >= 0.3 is 5.97 Å². The monoisotopic (exact) mass is 102 g/mol. The van der Waals surface area contributed by atoms with Crippen LogP contribution in [0, 0.1) is 0 Å². The maximum absolute atomic E-state index is 9.81. The van der Waals surface area contributed by atoms with Crippen molar-refractivity contribution in [3.63, 3.8) is 0 Å². The van der Waals surface area contributed by atoms with Crippen molar-refractivity contribution in [2.75, 3.05) is 0 Å². The molecule has 0 rings (SSSR count). The third-order valence-electron chi connectivity index (χ3n) is 0.242. The van der Waals surface area contributed by atoms with Crippen molar-refractivity contribution in [3.05, 3.63) is 0 Å². The van der Waals surface area contributed by atoms with Crippen LogP contribution in [0.2, 0.25) is 0 Å². The molecule has 0 amide bonds. The van der Waals surface area contributed by atoms with Crippen LogP contribution < -0.4 is 5.73 Å². The predicted molar refractivity (Wildman–Crippen MR) is 24.4 cm³/mol. The molecule has 0 unspecified atom stereocenters. The zero-order valence-corrected chi connectivity index (χ0v) is 3.92. The Labute approximate surface area is 40.9 Å². The van der Waals surface area contributed by atoms with Gasteiger partial charge in [-0.15, -0.1) is 0 Å². The molecule has 0 saturated carbocycles. The van der Waals surface area contributed by atoms with Crippen LogP contribution in [0.1, 0.15) is 6.92 Å². The van der Waals surface area contributed by atoms with Crippen LogP contribution in [-0.2, 0) is 9.63 Å². The maximum atomic E-state index is 9.81. The average Bonchev–Trinajstić information content (AvgIpc) is 1.61. The summed E-state index contributed by atoms with van der Waals surface area (Å²) < 4.78 is 0. The lowest BCUT2D eigenvalue weighted by Crippen LogP contribution is -1.95. The molecule has 0 radical (unpaired) electrons. The summed E-state index contributed by atoms with van der Waals surface area (Å²) >= 11 is 0. The molecule has 0 aromatic heterocycles.